The lowest BCUT2D eigenvalue weighted by Crippen LogP contribution is -2.12. The summed E-state index contributed by atoms with van der Waals surface area (Å²) in [4.78, 5) is 11.3. The first kappa shape index (κ1) is 14.8. The first-order valence-electron chi connectivity index (χ1n) is 6.42. The number of aliphatic hydroxyl groups is 1. The molecule has 2 atom stereocenters. The average Bonchev–Trinajstić information content (AvgIpc) is 2.31. The molecule has 0 aliphatic rings. The molecule has 1 rings (SSSR count). The fourth-order valence-electron chi connectivity index (χ4n) is 1.72. The Bertz CT molecular complexity index is 434. The molecule has 2 N–H and O–H groups in total. The van der Waals surface area contributed by atoms with Crippen molar-refractivity contribution >= 4 is 0 Å². The number of aryl methyl sites for hydroxylation is 1. The maximum atomic E-state index is 11.3. The van der Waals surface area contributed by atoms with E-state index in [4.69, 9.17) is 4.42 Å². The number of hydrogen-bond donors (Lipinski definition) is 2. The highest BCUT2D eigenvalue weighted by Crippen LogP contribution is 2.17. The third-order valence-electron chi connectivity index (χ3n) is 3.37. The summed E-state index contributed by atoms with van der Waals surface area (Å²) in [7, 11) is 0. The third-order valence-corrected chi connectivity index (χ3v) is 3.37. The van der Waals surface area contributed by atoms with Crippen LogP contribution in [-0.4, -0.2) is 16.3 Å². The van der Waals surface area contributed by atoms with E-state index < -0.39 is 5.63 Å². The molecular formula is C14H22O4. The minimum Gasteiger partial charge on any atom is -0.507 e. The van der Waals surface area contributed by atoms with Gasteiger partial charge in [0.05, 0.1) is 11.7 Å². The maximum absolute atomic E-state index is 11.3. The van der Waals surface area contributed by atoms with Crippen LogP contribution < -0.4 is 5.63 Å². The Kier molecular flexibility index (Phi) is 5.41. The van der Waals surface area contributed by atoms with E-state index in [1.54, 1.807) is 6.92 Å². The van der Waals surface area contributed by atoms with Gasteiger partial charge in [0.15, 0.2) is 0 Å². The molecule has 102 valence electrons. The average molecular weight is 254 g/mol. The number of unbranched alkanes of at least 4 members (excludes halogenated alkanes) is 1. The second-order valence-electron chi connectivity index (χ2n) is 4.97. The van der Waals surface area contributed by atoms with Crippen LogP contribution in [0, 0.1) is 12.8 Å². The summed E-state index contributed by atoms with van der Waals surface area (Å²) < 4.78 is 5.08. The summed E-state index contributed by atoms with van der Waals surface area (Å²) >= 11 is 0. The predicted molar refractivity (Wildman–Crippen MR) is 69.8 cm³/mol. The molecule has 4 heteroatoms. The van der Waals surface area contributed by atoms with Crippen LogP contribution in [0.2, 0.25) is 0 Å². The zero-order valence-corrected chi connectivity index (χ0v) is 11.3. The molecule has 0 saturated heterocycles. The van der Waals surface area contributed by atoms with Crippen LogP contribution in [-0.2, 0) is 6.42 Å². The maximum Gasteiger partial charge on any atom is 0.342 e. The lowest BCUT2D eigenvalue weighted by Gasteiger charge is -2.13. The number of aliphatic hydroxyl groups excluding tert-OH is 1. The van der Waals surface area contributed by atoms with E-state index in [9.17, 15) is 15.0 Å². The van der Waals surface area contributed by atoms with Gasteiger partial charge in [0, 0.05) is 12.5 Å². The van der Waals surface area contributed by atoms with Crippen LogP contribution in [0.15, 0.2) is 15.3 Å². The fraction of sp³-hybridized carbons (Fsp3) is 0.643. The van der Waals surface area contributed by atoms with Gasteiger partial charge in [-0.05, 0) is 32.6 Å². The van der Waals surface area contributed by atoms with E-state index in [0.717, 1.165) is 19.3 Å². The molecule has 0 fully saturated rings. The van der Waals surface area contributed by atoms with Crippen LogP contribution in [0.1, 0.15) is 44.4 Å². The molecular weight excluding hydrogens is 232 g/mol. The van der Waals surface area contributed by atoms with Crippen LogP contribution in [0.5, 0.6) is 5.75 Å². The fourth-order valence-corrected chi connectivity index (χ4v) is 1.72. The van der Waals surface area contributed by atoms with Gasteiger partial charge in [0.1, 0.15) is 11.5 Å². The van der Waals surface area contributed by atoms with Crippen LogP contribution in [0.25, 0.3) is 0 Å². The Labute approximate surface area is 107 Å². The highest BCUT2D eigenvalue weighted by molar-refractivity contribution is 5.28. The zero-order chi connectivity index (χ0) is 13.7. The molecule has 0 saturated carbocycles. The van der Waals surface area contributed by atoms with Gasteiger partial charge in [-0.15, -0.1) is 0 Å². The van der Waals surface area contributed by atoms with Gasteiger partial charge >= 0.3 is 5.63 Å². The molecule has 1 heterocycles. The van der Waals surface area contributed by atoms with E-state index in [1.165, 1.54) is 13.0 Å². The van der Waals surface area contributed by atoms with Gasteiger partial charge < -0.3 is 14.6 Å². The molecule has 1 aromatic heterocycles. The van der Waals surface area contributed by atoms with E-state index in [-0.39, 0.29) is 23.3 Å². The SMILES string of the molecule is Cc1c(O)cc(CCCC[C@@H](C)[C@H](C)O)oc1=O. The van der Waals surface area contributed by atoms with E-state index in [1.807, 2.05) is 6.92 Å². The summed E-state index contributed by atoms with van der Waals surface area (Å²) in [6.45, 7) is 5.35. The summed E-state index contributed by atoms with van der Waals surface area (Å²) in [5.74, 6) is 0.801. The Morgan fingerprint density at radius 1 is 1.33 bits per heavy atom. The smallest absolute Gasteiger partial charge is 0.342 e. The summed E-state index contributed by atoms with van der Waals surface area (Å²) in [6.07, 6.45) is 3.13. The zero-order valence-electron chi connectivity index (χ0n) is 11.3. The van der Waals surface area contributed by atoms with Crippen molar-refractivity contribution in [1.29, 1.82) is 0 Å². The molecule has 0 unspecified atom stereocenters. The number of hydrogen-bond acceptors (Lipinski definition) is 4. The van der Waals surface area contributed by atoms with Crippen molar-refractivity contribution in [2.24, 2.45) is 5.92 Å². The standard InChI is InChI=1S/C14H22O4/c1-9(11(3)15)6-4-5-7-12-8-13(16)10(2)14(17)18-12/h8-9,11,15-16H,4-7H2,1-3H3/t9-,11+/m1/s1. The quantitative estimate of drug-likeness (QED) is 0.765. The summed E-state index contributed by atoms with van der Waals surface area (Å²) in [5.41, 5.74) is -0.219. The van der Waals surface area contributed by atoms with Crippen molar-refractivity contribution in [3.63, 3.8) is 0 Å². The molecule has 18 heavy (non-hydrogen) atoms. The highest BCUT2D eigenvalue weighted by Gasteiger charge is 2.09. The van der Waals surface area contributed by atoms with Crippen molar-refractivity contribution < 1.29 is 14.6 Å². The predicted octanol–water partition coefficient (Wildman–Crippen LogP) is 2.38. The van der Waals surface area contributed by atoms with E-state index >= 15 is 0 Å². The summed E-state index contributed by atoms with van der Waals surface area (Å²) in [6, 6.07) is 1.51. The summed E-state index contributed by atoms with van der Waals surface area (Å²) in [5, 5.41) is 18.9. The number of aromatic hydroxyl groups is 1. The van der Waals surface area contributed by atoms with Crippen molar-refractivity contribution in [3.05, 3.63) is 27.8 Å². The first-order valence-corrected chi connectivity index (χ1v) is 6.42. The van der Waals surface area contributed by atoms with Crippen LogP contribution in [0.3, 0.4) is 0 Å². The second-order valence-corrected chi connectivity index (χ2v) is 4.97. The molecule has 0 aliphatic heterocycles. The minimum atomic E-state index is -0.470. The minimum absolute atomic E-state index is 0.00130. The van der Waals surface area contributed by atoms with Crippen molar-refractivity contribution in [2.45, 2.75) is 52.6 Å². The normalized spacial score (nSPS) is 14.4. The van der Waals surface area contributed by atoms with Crippen LogP contribution in [0.4, 0.5) is 0 Å². The molecule has 0 radical (unpaired) electrons. The molecule has 1 aromatic rings. The van der Waals surface area contributed by atoms with Crippen molar-refractivity contribution in [3.8, 4) is 5.75 Å². The Morgan fingerprint density at radius 3 is 2.56 bits per heavy atom. The lowest BCUT2D eigenvalue weighted by molar-refractivity contribution is 0.128. The van der Waals surface area contributed by atoms with E-state index in [0.29, 0.717) is 12.2 Å². The molecule has 0 bridgehead atoms. The highest BCUT2D eigenvalue weighted by atomic mass is 16.4. The van der Waals surface area contributed by atoms with Gasteiger partial charge in [0.25, 0.3) is 0 Å². The molecule has 0 aliphatic carbocycles. The molecule has 0 amide bonds. The van der Waals surface area contributed by atoms with Gasteiger partial charge in [-0.1, -0.05) is 13.3 Å². The van der Waals surface area contributed by atoms with Gasteiger partial charge in [0.2, 0.25) is 0 Å². The Balaban J connectivity index is 2.43. The Morgan fingerprint density at radius 2 is 2.00 bits per heavy atom. The molecule has 0 spiro atoms. The third kappa shape index (κ3) is 4.18. The number of rotatable bonds is 6. The van der Waals surface area contributed by atoms with Crippen molar-refractivity contribution in [1.82, 2.24) is 0 Å². The topological polar surface area (TPSA) is 70.7 Å². The lowest BCUT2D eigenvalue weighted by atomic mass is 9.98. The monoisotopic (exact) mass is 254 g/mol. The Hall–Kier alpha value is -1.29. The van der Waals surface area contributed by atoms with E-state index in [2.05, 4.69) is 0 Å². The van der Waals surface area contributed by atoms with Gasteiger partial charge in [-0.25, -0.2) is 4.79 Å². The second kappa shape index (κ2) is 6.59. The largest absolute Gasteiger partial charge is 0.507 e. The molecule has 4 nitrogen and oxygen atoms in total. The van der Waals surface area contributed by atoms with Gasteiger partial charge in [-0.3, -0.25) is 0 Å². The first-order chi connectivity index (χ1) is 8.41. The van der Waals surface area contributed by atoms with Crippen molar-refractivity contribution in [2.75, 3.05) is 0 Å². The molecule has 0 aromatic carbocycles. The van der Waals surface area contributed by atoms with Gasteiger partial charge in [-0.2, -0.15) is 0 Å². The van der Waals surface area contributed by atoms with Crippen LogP contribution >= 0.6 is 0 Å².